The third kappa shape index (κ3) is 3.94. The summed E-state index contributed by atoms with van der Waals surface area (Å²) in [6, 6.07) is 2.58. The standard InChI is InChI=1S/C14H22ClN3/c1-12(18-7-3-2-4-8-18)9-17-10-13-5-6-16-11-14(13)15/h5-6,11-12,17H,2-4,7-10H2,1H3. The molecule has 1 aromatic heterocycles. The van der Waals surface area contributed by atoms with E-state index in [0.717, 1.165) is 23.7 Å². The Morgan fingerprint density at radius 3 is 2.89 bits per heavy atom. The average molecular weight is 268 g/mol. The minimum atomic E-state index is 0.603. The van der Waals surface area contributed by atoms with Crippen molar-refractivity contribution in [2.45, 2.75) is 38.8 Å². The maximum absolute atomic E-state index is 6.08. The summed E-state index contributed by atoms with van der Waals surface area (Å²) < 4.78 is 0. The lowest BCUT2D eigenvalue weighted by Crippen LogP contribution is -2.42. The van der Waals surface area contributed by atoms with Gasteiger partial charge in [0, 0.05) is 31.5 Å². The smallest absolute Gasteiger partial charge is 0.0634 e. The monoisotopic (exact) mass is 267 g/mol. The van der Waals surface area contributed by atoms with Crippen molar-refractivity contribution in [2.75, 3.05) is 19.6 Å². The Bertz CT molecular complexity index is 364. The largest absolute Gasteiger partial charge is 0.311 e. The van der Waals surface area contributed by atoms with E-state index in [9.17, 15) is 0 Å². The Hall–Kier alpha value is -0.640. The molecule has 1 aromatic rings. The molecule has 1 aliphatic heterocycles. The zero-order valence-corrected chi connectivity index (χ0v) is 11.8. The van der Waals surface area contributed by atoms with Gasteiger partial charge >= 0.3 is 0 Å². The minimum absolute atomic E-state index is 0.603. The third-order valence-electron chi connectivity index (χ3n) is 3.63. The lowest BCUT2D eigenvalue weighted by atomic mass is 10.1. The number of pyridine rings is 1. The van der Waals surface area contributed by atoms with E-state index in [-0.39, 0.29) is 0 Å². The summed E-state index contributed by atoms with van der Waals surface area (Å²) in [5.74, 6) is 0. The molecule has 0 spiro atoms. The van der Waals surface area contributed by atoms with Crippen molar-refractivity contribution in [1.29, 1.82) is 0 Å². The first-order chi connectivity index (χ1) is 8.77. The van der Waals surface area contributed by atoms with Gasteiger partial charge in [-0.3, -0.25) is 9.88 Å². The summed E-state index contributed by atoms with van der Waals surface area (Å²) in [4.78, 5) is 6.57. The van der Waals surface area contributed by atoms with Gasteiger partial charge in [-0.25, -0.2) is 0 Å². The number of nitrogens with one attached hydrogen (secondary N) is 1. The van der Waals surface area contributed by atoms with Gasteiger partial charge in [0.2, 0.25) is 0 Å². The molecule has 0 amide bonds. The van der Waals surface area contributed by atoms with Crippen LogP contribution in [0.1, 0.15) is 31.7 Å². The zero-order valence-electron chi connectivity index (χ0n) is 11.0. The number of aromatic nitrogens is 1. The maximum Gasteiger partial charge on any atom is 0.0634 e. The van der Waals surface area contributed by atoms with Gasteiger partial charge < -0.3 is 5.32 Å². The summed E-state index contributed by atoms with van der Waals surface area (Å²) >= 11 is 6.08. The van der Waals surface area contributed by atoms with E-state index < -0.39 is 0 Å². The molecule has 18 heavy (non-hydrogen) atoms. The predicted octanol–water partition coefficient (Wildman–Crippen LogP) is 2.70. The summed E-state index contributed by atoms with van der Waals surface area (Å²) in [6.07, 6.45) is 7.58. The van der Waals surface area contributed by atoms with E-state index in [4.69, 9.17) is 11.6 Å². The van der Waals surface area contributed by atoms with Gasteiger partial charge in [0.05, 0.1) is 5.02 Å². The van der Waals surface area contributed by atoms with Crippen molar-refractivity contribution in [2.24, 2.45) is 0 Å². The number of nitrogens with zero attached hydrogens (tertiary/aromatic N) is 2. The van der Waals surface area contributed by atoms with Crippen LogP contribution in [0.4, 0.5) is 0 Å². The van der Waals surface area contributed by atoms with Crippen molar-refractivity contribution in [1.82, 2.24) is 15.2 Å². The lowest BCUT2D eigenvalue weighted by molar-refractivity contribution is 0.170. The first-order valence-electron chi connectivity index (χ1n) is 6.80. The molecule has 0 bridgehead atoms. The average Bonchev–Trinajstić information content (AvgIpc) is 2.42. The van der Waals surface area contributed by atoms with Crippen LogP contribution in [-0.4, -0.2) is 35.6 Å². The van der Waals surface area contributed by atoms with Gasteiger partial charge in [-0.1, -0.05) is 18.0 Å². The van der Waals surface area contributed by atoms with Gasteiger partial charge in [0.15, 0.2) is 0 Å². The fraction of sp³-hybridized carbons (Fsp3) is 0.643. The molecule has 0 aliphatic carbocycles. The molecule has 100 valence electrons. The van der Waals surface area contributed by atoms with E-state index in [1.807, 2.05) is 6.07 Å². The van der Waals surface area contributed by atoms with Crippen molar-refractivity contribution in [3.8, 4) is 0 Å². The quantitative estimate of drug-likeness (QED) is 0.889. The van der Waals surface area contributed by atoms with E-state index >= 15 is 0 Å². The first kappa shape index (κ1) is 13.8. The molecule has 0 saturated carbocycles. The van der Waals surface area contributed by atoms with Crippen LogP contribution in [0.15, 0.2) is 18.5 Å². The van der Waals surface area contributed by atoms with Crippen LogP contribution in [0.25, 0.3) is 0 Å². The van der Waals surface area contributed by atoms with E-state index in [1.165, 1.54) is 32.4 Å². The second-order valence-electron chi connectivity index (χ2n) is 5.04. The SMILES string of the molecule is CC(CNCc1ccncc1Cl)N1CCCCC1. The fourth-order valence-electron chi connectivity index (χ4n) is 2.45. The predicted molar refractivity (Wildman–Crippen MR) is 75.8 cm³/mol. The van der Waals surface area contributed by atoms with Crippen molar-refractivity contribution < 1.29 is 0 Å². The number of hydrogen-bond acceptors (Lipinski definition) is 3. The molecule has 1 fully saturated rings. The minimum Gasteiger partial charge on any atom is -0.311 e. The number of halogens is 1. The number of piperidine rings is 1. The van der Waals surface area contributed by atoms with Gasteiger partial charge in [-0.05, 0) is 44.5 Å². The van der Waals surface area contributed by atoms with Gasteiger partial charge in [0.25, 0.3) is 0 Å². The molecule has 1 N–H and O–H groups in total. The molecule has 3 nitrogen and oxygen atoms in total. The van der Waals surface area contributed by atoms with Crippen LogP contribution in [-0.2, 0) is 6.54 Å². The Morgan fingerprint density at radius 1 is 1.39 bits per heavy atom. The second kappa shape index (κ2) is 7.07. The van der Waals surface area contributed by atoms with Crippen LogP contribution >= 0.6 is 11.6 Å². The Kier molecular flexibility index (Phi) is 5.42. The molecule has 1 atom stereocenters. The summed E-state index contributed by atoms with van der Waals surface area (Å²) in [6.45, 7) is 6.63. The summed E-state index contributed by atoms with van der Waals surface area (Å²) in [7, 11) is 0. The molecular formula is C14H22ClN3. The number of rotatable bonds is 5. The van der Waals surface area contributed by atoms with Crippen LogP contribution < -0.4 is 5.32 Å². The van der Waals surface area contributed by atoms with Crippen LogP contribution in [0.2, 0.25) is 5.02 Å². The molecular weight excluding hydrogens is 246 g/mol. The lowest BCUT2D eigenvalue weighted by Gasteiger charge is -2.32. The Labute approximate surface area is 115 Å². The molecule has 2 rings (SSSR count). The Morgan fingerprint density at radius 2 is 2.17 bits per heavy atom. The van der Waals surface area contributed by atoms with E-state index in [2.05, 4.69) is 22.1 Å². The number of likely N-dealkylation sites (tertiary alicyclic amines) is 1. The highest BCUT2D eigenvalue weighted by Gasteiger charge is 2.15. The van der Waals surface area contributed by atoms with Crippen LogP contribution in [0.5, 0.6) is 0 Å². The molecule has 1 unspecified atom stereocenters. The van der Waals surface area contributed by atoms with E-state index in [0.29, 0.717) is 6.04 Å². The summed E-state index contributed by atoms with van der Waals surface area (Å²) in [5.41, 5.74) is 1.12. The Balaban J connectivity index is 1.73. The van der Waals surface area contributed by atoms with Gasteiger partial charge in [-0.15, -0.1) is 0 Å². The first-order valence-corrected chi connectivity index (χ1v) is 7.18. The molecule has 0 aromatic carbocycles. The normalized spacial score (nSPS) is 18.8. The third-order valence-corrected chi connectivity index (χ3v) is 3.97. The van der Waals surface area contributed by atoms with Crippen LogP contribution in [0, 0.1) is 0 Å². The van der Waals surface area contributed by atoms with Gasteiger partial charge in [0.1, 0.15) is 0 Å². The van der Waals surface area contributed by atoms with Crippen molar-refractivity contribution in [3.05, 3.63) is 29.0 Å². The molecule has 2 heterocycles. The maximum atomic E-state index is 6.08. The topological polar surface area (TPSA) is 28.2 Å². The highest BCUT2D eigenvalue weighted by atomic mass is 35.5. The van der Waals surface area contributed by atoms with Crippen molar-refractivity contribution in [3.63, 3.8) is 0 Å². The van der Waals surface area contributed by atoms with Crippen LogP contribution in [0.3, 0.4) is 0 Å². The highest BCUT2D eigenvalue weighted by Crippen LogP contribution is 2.14. The molecule has 0 radical (unpaired) electrons. The van der Waals surface area contributed by atoms with Crippen molar-refractivity contribution >= 4 is 11.6 Å². The van der Waals surface area contributed by atoms with Gasteiger partial charge in [-0.2, -0.15) is 0 Å². The molecule has 1 aliphatic rings. The van der Waals surface area contributed by atoms with E-state index in [1.54, 1.807) is 12.4 Å². The molecule has 1 saturated heterocycles. The summed E-state index contributed by atoms with van der Waals surface area (Å²) in [5, 5.41) is 4.23. The second-order valence-corrected chi connectivity index (χ2v) is 5.45. The zero-order chi connectivity index (χ0) is 12.8. The highest BCUT2D eigenvalue weighted by molar-refractivity contribution is 6.31. The molecule has 4 heteroatoms. The number of hydrogen-bond donors (Lipinski definition) is 1. The fourth-order valence-corrected chi connectivity index (χ4v) is 2.64.